The summed E-state index contributed by atoms with van der Waals surface area (Å²) >= 11 is 0. The van der Waals surface area contributed by atoms with E-state index in [9.17, 15) is 0 Å². The number of hydrogen-bond donors (Lipinski definition) is 1. The van der Waals surface area contributed by atoms with E-state index in [4.69, 9.17) is 5.73 Å². The molecule has 0 bridgehead atoms. The number of fused-ring (bicyclic) bond motifs is 5. The lowest BCUT2D eigenvalue weighted by atomic mass is 9.81. The molecule has 74 heavy (non-hydrogen) atoms. The van der Waals surface area contributed by atoms with Crippen LogP contribution in [0.5, 0.6) is 0 Å². The molecule has 12 rings (SSSR count). The first-order chi connectivity index (χ1) is 36.2. The minimum Gasteiger partial charge on any atom is -0.399 e. The van der Waals surface area contributed by atoms with Crippen LogP contribution in [0.4, 0.5) is 0 Å². The zero-order valence-corrected chi connectivity index (χ0v) is 42.7. The Hall–Kier alpha value is -8.78. The van der Waals surface area contributed by atoms with E-state index in [-0.39, 0.29) is 5.41 Å². The normalized spacial score (nSPS) is 12.4. The fourth-order valence-electron chi connectivity index (χ4n) is 11.2. The highest BCUT2D eigenvalue weighted by atomic mass is 14.6. The number of hydrogen-bond acceptors (Lipinski definition) is 1. The van der Waals surface area contributed by atoms with E-state index < -0.39 is 0 Å². The van der Waals surface area contributed by atoms with Crippen LogP contribution in [0, 0.1) is 0 Å². The van der Waals surface area contributed by atoms with Crippen LogP contribution < -0.4 is 5.73 Å². The number of rotatable bonds is 11. The van der Waals surface area contributed by atoms with Gasteiger partial charge in [0.1, 0.15) is 0 Å². The Balaban J connectivity index is 0.000000593. The van der Waals surface area contributed by atoms with Gasteiger partial charge in [0.05, 0.1) is 0 Å². The maximum Gasteiger partial charge on any atom is 0.0314 e. The van der Waals surface area contributed by atoms with Crippen LogP contribution in [-0.2, 0) is 11.8 Å². The van der Waals surface area contributed by atoms with Crippen LogP contribution in [0.25, 0.3) is 99.6 Å². The molecule has 1 heteroatoms. The van der Waals surface area contributed by atoms with Gasteiger partial charge in [-0.3, -0.25) is 0 Å². The molecule has 1 aliphatic carbocycles. The molecule has 0 fully saturated rings. The first-order valence-corrected chi connectivity index (χ1v) is 26.1. The van der Waals surface area contributed by atoms with Crippen LogP contribution >= 0.6 is 0 Å². The van der Waals surface area contributed by atoms with E-state index in [0.717, 1.165) is 24.8 Å². The van der Waals surface area contributed by atoms with Crippen molar-refractivity contribution in [2.75, 3.05) is 0 Å². The summed E-state index contributed by atoms with van der Waals surface area (Å²) in [6.07, 6.45) is 5.52. The monoisotopic (exact) mass is 951 g/mol. The first kappa shape index (κ1) is 47.5. The third-order valence-corrected chi connectivity index (χ3v) is 15.1. The summed E-state index contributed by atoms with van der Waals surface area (Å²) in [7, 11) is 0. The summed E-state index contributed by atoms with van der Waals surface area (Å²) < 4.78 is 0. The molecule has 0 atom stereocenters. The summed E-state index contributed by atoms with van der Waals surface area (Å²) in [6.45, 7) is 10.6. The number of allylic oxidation sites excluding steroid dienone is 2. The molecule has 2 N–H and O–H groups in total. The third kappa shape index (κ3) is 9.42. The van der Waals surface area contributed by atoms with Crippen molar-refractivity contribution in [1.29, 1.82) is 0 Å². The van der Waals surface area contributed by atoms with Crippen LogP contribution in [0.3, 0.4) is 0 Å². The van der Waals surface area contributed by atoms with Crippen molar-refractivity contribution in [1.82, 2.24) is 0 Å². The van der Waals surface area contributed by atoms with E-state index >= 15 is 0 Å². The van der Waals surface area contributed by atoms with Crippen molar-refractivity contribution >= 4 is 32.8 Å². The smallest absolute Gasteiger partial charge is 0.0314 e. The molecule has 358 valence electrons. The minimum atomic E-state index is -0.0193. The number of benzene rings is 11. The van der Waals surface area contributed by atoms with Gasteiger partial charge in [0.2, 0.25) is 0 Å². The Kier molecular flexibility index (Phi) is 13.3. The molecular formula is C73H61N. The molecule has 0 spiro atoms. The van der Waals surface area contributed by atoms with Gasteiger partial charge in [0.15, 0.2) is 0 Å². The highest BCUT2D eigenvalue weighted by Crippen LogP contribution is 2.50. The zero-order valence-electron chi connectivity index (χ0n) is 42.7. The van der Waals surface area contributed by atoms with Gasteiger partial charge in [0, 0.05) is 11.1 Å². The topological polar surface area (TPSA) is 26.0 Å². The number of nitrogens with two attached hydrogens (primary N) is 1. The molecule has 11 aromatic carbocycles. The lowest BCUT2D eigenvalue weighted by molar-refractivity contribution is 0.660. The summed E-state index contributed by atoms with van der Waals surface area (Å²) in [5, 5.41) is 5.06. The molecule has 0 saturated carbocycles. The van der Waals surface area contributed by atoms with E-state index in [1.165, 1.54) is 116 Å². The maximum absolute atomic E-state index is 5.42. The molecule has 0 amide bonds. The first-order valence-electron chi connectivity index (χ1n) is 26.1. The molecule has 1 nitrogen and oxygen atoms in total. The molecule has 0 radical (unpaired) electrons. The van der Waals surface area contributed by atoms with E-state index in [1.807, 2.05) is 30.3 Å². The SMILES string of the molecule is C=C(N)c1ccccc1.CCC/C(=C\Cc1ccc(-c2ccccc2)cc1)c1ccc(-c2ccc(-c3ccc(-c4ccc(-c5ccc6c(c5)C(C)(C)c5ccccc5-6)cc4)c4ccccc34)c3ccccc23)cc1. The average molecular weight is 952 g/mol. The molecule has 1 aliphatic rings. The van der Waals surface area contributed by atoms with Crippen molar-refractivity contribution in [3.63, 3.8) is 0 Å². The Morgan fingerprint density at radius 1 is 0.392 bits per heavy atom. The molecule has 11 aromatic rings. The van der Waals surface area contributed by atoms with Gasteiger partial charge in [-0.15, -0.1) is 0 Å². The van der Waals surface area contributed by atoms with Gasteiger partial charge < -0.3 is 5.73 Å². The Morgan fingerprint density at radius 2 is 0.811 bits per heavy atom. The molecule has 0 aliphatic heterocycles. The van der Waals surface area contributed by atoms with E-state index in [1.54, 1.807) is 0 Å². The Morgan fingerprint density at radius 3 is 1.38 bits per heavy atom. The van der Waals surface area contributed by atoms with Crippen LogP contribution in [0.2, 0.25) is 0 Å². The van der Waals surface area contributed by atoms with Crippen LogP contribution in [0.15, 0.2) is 261 Å². The van der Waals surface area contributed by atoms with Crippen molar-refractivity contribution in [3.8, 4) is 66.8 Å². The van der Waals surface area contributed by atoms with Crippen molar-refractivity contribution in [2.24, 2.45) is 5.73 Å². The third-order valence-electron chi connectivity index (χ3n) is 15.1. The highest BCUT2D eigenvalue weighted by molar-refractivity contribution is 6.12. The van der Waals surface area contributed by atoms with Gasteiger partial charge in [-0.25, -0.2) is 0 Å². The van der Waals surface area contributed by atoms with Gasteiger partial charge in [-0.2, -0.15) is 0 Å². The fourth-order valence-corrected chi connectivity index (χ4v) is 11.2. The predicted octanol–water partition coefficient (Wildman–Crippen LogP) is 19.7. The van der Waals surface area contributed by atoms with Crippen LogP contribution in [0.1, 0.15) is 61.4 Å². The van der Waals surface area contributed by atoms with Gasteiger partial charge in [-0.05, 0) is 141 Å². The molecular weight excluding hydrogens is 891 g/mol. The minimum absolute atomic E-state index is 0.0193. The highest BCUT2D eigenvalue weighted by Gasteiger charge is 2.35. The summed E-state index contributed by atoms with van der Waals surface area (Å²) in [6, 6.07) is 90.8. The largest absolute Gasteiger partial charge is 0.399 e. The summed E-state index contributed by atoms with van der Waals surface area (Å²) in [5.74, 6) is 0. The maximum atomic E-state index is 5.42. The molecule has 0 unspecified atom stereocenters. The predicted molar refractivity (Wildman–Crippen MR) is 319 cm³/mol. The lowest BCUT2D eigenvalue weighted by Crippen LogP contribution is -2.14. The molecule has 0 heterocycles. The van der Waals surface area contributed by atoms with Gasteiger partial charge >= 0.3 is 0 Å². The Bertz CT molecular complexity index is 3820. The summed E-state index contributed by atoms with van der Waals surface area (Å²) in [5.41, 5.74) is 29.1. The van der Waals surface area contributed by atoms with Gasteiger partial charge in [0.25, 0.3) is 0 Å². The van der Waals surface area contributed by atoms with Crippen molar-refractivity contribution in [3.05, 3.63) is 289 Å². The van der Waals surface area contributed by atoms with Gasteiger partial charge in [-0.1, -0.05) is 283 Å². The average Bonchev–Trinajstić information content (AvgIpc) is 3.69. The second kappa shape index (κ2) is 20.7. The molecule has 0 aromatic heterocycles. The fraction of sp³-hybridized carbons (Fsp3) is 0.0959. The second-order valence-electron chi connectivity index (χ2n) is 20.1. The van der Waals surface area contributed by atoms with E-state index in [0.29, 0.717) is 5.70 Å². The summed E-state index contributed by atoms with van der Waals surface area (Å²) in [4.78, 5) is 0. The second-order valence-corrected chi connectivity index (χ2v) is 20.1. The van der Waals surface area contributed by atoms with E-state index in [2.05, 4.69) is 252 Å². The van der Waals surface area contributed by atoms with Crippen LogP contribution in [-0.4, -0.2) is 0 Å². The zero-order chi connectivity index (χ0) is 50.6. The van der Waals surface area contributed by atoms with Crippen molar-refractivity contribution in [2.45, 2.75) is 45.4 Å². The lowest BCUT2D eigenvalue weighted by Gasteiger charge is -2.22. The molecule has 0 saturated heterocycles. The Labute approximate surface area is 437 Å². The quantitative estimate of drug-likeness (QED) is 0.137. The van der Waals surface area contributed by atoms with Crippen molar-refractivity contribution < 1.29 is 0 Å². The standard InChI is InChI=1S/C65H52.C8H9N/c1-4-14-45(26-23-44-24-27-47(28-25-44)46-15-6-5-7-16-46)48-29-33-50(34-30-48)53-39-41-59(57-19-10-8-17-55(53)57)60-42-40-54(56-18-9-11-20-58(56)60)51-35-31-49(32-36-51)52-37-38-62-61-21-12-13-22-63(61)65(2,3)64(62)43-52;1-7(9)8-5-3-2-4-6-8/h5-13,15-22,24-43H,4,14,23H2,1-3H3;2-6H,1,9H2/b45-26+;.